The number of ether oxygens (including phenoxy) is 1. The number of nitrogens with one attached hydrogen (secondary N) is 1. The van der Waals surface area contributed by atoms with Crippen molar-refractivity contribution in [1.82, 2.24) is 15.1 Å². The molecule has 1 atom stereocenters. The number of carbonyl (C=O) groups is 1. The number of aryl methyl sites for hydroxylation is 1. The smallest absolute Gasteiger partial charge is 0.308 e. The van der Waals surface area contributed by atoms with Crippen molar-refractivity contribution in [2.24, 2.45) is 7.05 Å². The van der Waals surface area contributed by atoms with Gasteiger partial charge < -0.3 is 15.2 Å². The molecule has 1 unspecified atom stereocenters. The molecule has 0 fully saturated rings. The summed E-state index contributed by atoms with van der Waals surface area (Å²) >= 11 is 0. The Kier molecular flexibility index (Phi) is 6.38. The highest BCUT2D eigenvalue weighted by Gasteiger charge is 2.10. The number of aliphatic hydroxyl groups is 1. The van der Waals surface area contributed by atoms with Gasteiger partial charge >= 0.3 is 5.97 Å². The Hall–Kier alpha value is -1.40. The minimum atomic E-state index is -0.701. The highest BCUT2D eigenvalue weighted by molar-refractivity contribution is 5.69. The summed E-state index contributed by atoms with van der Waals surface area (Å²) in [6.07, 6.45) is 2.02. The van der Waals surface area contributed by atoms with Crippen LogP contribution < -0.4 is 5.32 Å². The van der Waals surface area contributed by atoms with Gasteiger partial charge in [0.1, 0.15) is 0 Å². The maximum atomic E-state index is 11.1. The fourth-order valence-electron chi connectivity index (χ4n) is 1.57. The van der Waals surface area contributed by atoms with E-state index >= 15 is 0 Å². The average Bonchev–Trinajstić information content (AvgIpc) is 2.71. The Morgan fingerprint density at radius 2 is 2.44 bits per heavy atom. The Balaban J connectivity index is 2.08. The topological polar surface area (TPSA) is 76.4 Å². The van der Waals surface area contributed by atoms with Crippen LogP contribution in [-0.4, -0.2) is 46.7 Å². The number of nitrogens with zero attached hydrogens (tertiary/aromatic N) is 2. The number of carbonyl (C=O) groups excluding carboxylic acids is 1. The number of aromatic nitrogens is 2. The molecule has 6 nitrogen and oxygen atoms in total. The maximum absolute atomic E-state index is 11.1. The van der Waals surface area contributed by atoms with Crippen LogP contribution in [0.25, 0.3) is 0 Å². The van der Waals surface area contributed by atoms with Crippen molar-refractivity contribution in [2.45, 2.75) is 25.9 Å². The monoisotopic (exact) mass is 255 g/mol. The van der Waals surface area contributed by atoms with Gasteiger partial charge in [0, 0.05) is 32.8 Å². The van der Waals surface area contributed by atoms with Gasteiger partial charge in [-0.3, -0.25) is 9.48 Å². The molecule has 1 rings (SSSR count). The minimum absolute atomic E-state index is 0.0322. The molecule has 1 aromatic heterocycles. The van der Waals surface area contributed by atoms with Gasteiger partial charge in [-0.1, -0.05) is 0 Å². The molecule has 6 heteroatoms. The van der Waals surface area contributed by atoms with Crippen molar-refractivity contribution in [2.75, 3.05) is 19.7 Å². The lowest BCUT2D eigenvalue weighted by Crippen LogP contribution is -2.30. The van der Waals surface area contributed by atoms with Gasteiger partial charge in [-0.2, -0.15) is 5.10 Å². The lowest BCUT2D eigenvalue weighted by atomic mass is 10.2. The van der Waals surface area contributed by atoms with Crippen molar-refractivity contribution < 1.29 is 14.6 Å². The highest BCUT2D eigenvalue weighted by atomic mass is 16.5. The van der Waals surface area contributed by atoms with E-state index in [1.54, 1.807) is 11.6 Å². The minimum Gasteiger partial charge on any atom is -0.466 e. The van der Waals surface area contributed by atoms with Gasteiger partial charge in [0.05, 0.1) is 24.8 Å². The fraction of sp³-hybridized carbons (Fsp3) is 0.667. The van der Waals surface area contributed by atoms with Gasteiger partial charge in [-0.25, -0.2) is 0 Å². The maximum Gasteiger partial charge on any atom is 0.308 e. The van der Waals surface area contributed by atoms with Gasteiger partial charge in [0.25, 0.3) is 0 Å². The molecular formula is C12H21N3O3. The predicted molar refractivity (Wildman–Crippen MR) is 67.0 cm³/mol. The van der Waals surface area contributed by atoms with Crippen molar-refractivity contribution >= 4 is 5.97 Å². The van der Waals surface area contributed by atoms with Crippen molar-refractivity contribution in [3.63, 3.8) is 0 Å². The van der Waals surface area contributed by atoms with E-state index in [2.05, 4.69) is 10.4 Å². The first kappa shape index (κ1) is 14.7. The molecule has 2 N–H and O–H groups in total. The van der Waals surface area contributed by atoms with Crippen molar-refractivity contribution in [3.05, 3.63) is 18.0 Å². The van der Waals surface area contributed by atoms with Crippen LogP contribution in [0.2, 0.25) is 0 Å². The number of esters is 1. The Morgan fingerprint density at radius 1 is 1.67 bits per heavy atom. The summed E-state index contributed by atoms with van der Waals surface area (Å²) in [6, 6.07) is 1.96. The summed E-state index contributed by atoms with van der Waals surface area (Å²) < 4.78 is 6.51. The van der Waals surface area contributed by atoms with Gasteiger partial charge in [-0.05, 0) is 13.0 Å². The average molecular weight is 255 g/mol. The van der Waals surface area contributed by atoms with E-state index in [-0.39, 0.29) is 12.4 Å². The fourth-order valence-corrected chi connectivity index (χ4v) is 1.57. The zero-order chi connectivity index (χ0) is 13.4. The van der Waals surface area contributed by atoms with Crippen LogP contribution in [0.1, 0.15) is 19.0 Å². The molecule has 0 amide bonds. The highest BCUT2D eigenvalue weighted by Crippen LogP contribution is 1.96. The van der Waals surface area contributed by atoms with Crippen LogP contribution in [0.4, 0.5) is 0 Å². The van der Waals surface area contributed by atoms with Crippen LogP contribution in [-0.2, 0) is 23.0 Å². The van der Waals surface area contributed by atoms with E-state index in [0.29, 0.717) is 13.2 Å². The molecule has 0 aromatic carbocycles. The lowest BCUT2D eigenvalue weighted by Gasteiger charge is -2.10. The number of rotatable bonds is 8. The second kappa shape index (κ2) is 7.84. The first-order chi connectivity index (χ1) is 8.61. The Labute approximate surface area is 107 Å². The molecule has 102 valence electrons. The molecule has 0 radical (unpaired) electrons. The number of hydrogen-bond donors (Lipinski definition) is 2. The molecule has 0 aliphatic rings. The Morgan fingerprint density at radius 3 is 3.06 bits per heavy atom. The van der Waals surface area contributed by atoms with Crippen LogP contribution in [0, 0.1) is 0 Å². The van der Waals surface area contributed by atoms with Crippen molar-refractivity contribution in [1.29, 1.82) is 0 Å². The normalized spacial score (nSPS) is 12.4. The molecule has 0 aliphatic heterocycles. The molecule has 0 saturated carbocycles. The largest absolute Gasteiger partial charge is 0.466 e. The quantitative estimate of drug-likeness (QED) is 0.500. The second-order valence-corrected chi connectivity index (χ2v) is 4.10. The van der Waals surface area contributed by atoms with Crippen LogP contribution in [0.15, 0.2) is 12.3 Å². The molecule has 0 aliphatic carbocycles. The summed E-state index contributed by atoms with van der Waals surface area (Å²) in [6.45, 7) is 3.19. The van der Waals surface area contributed by atoms with E-state index < -0.39 is 6.10 Å². The van der Waals surface area contributed by atoms with Gasteiger partial charge in [0.2, 0.25) is 0 Å². The standard InChI is InChI=1S/C12H21N3O3/c1-3-18-12(17)8-11(16)9-13-6-4-10-5-7-15(2)14-10/h5,7,11,13,16H,3-4,6,8-9H2,1-2H3. The zero-order valence-corrected chi connectivity index (χ0v) is 10.9. The van der Waals surface area contributed by atoms with Gasteiger partial charge in [-0.15, -0.1) is 0 Å². The Bertz CT molecular complexity index is 365. The zero-order valence-electron chi connectivity index (χ0n) is 10.9. The third-order valence-corrected chi connectivity index (χ3v) is 2.41. The molecule has 1 aromatic rings. The lowest BCUT2D eigenvalue weighted by molar-refractivity contribution is -0.145. The third kappa shape index (κ3) is 5.79. The molecule has 1 heterocycles. The summed E-state index contributed by atoms with van der Waals surface area (Å²) in [4.78, 5) is 11.1. The van der Waals surface area contributed by atoms with Crippen molar-refractivity contribution in [3.8, 4) is 0 Å². The van der Waals surface area contributed by atoms with Crippen LogP contribution >= 0.6 is 0 Å². The van der Waals surface area contributed by atoms with Gasteiger partial charge in [0.15, 0.2) is 0 Å². The summed E-state index contributed by atoms with van der Waals surface area (Å²) in [5.74, 6) is -0.364. The molecule has 0 saturated heterocycles. The summed E-state index contributed by atoms with van der Waals surface area (Å²) in [5.41, 5.74) is 1.00. The molecule has 18 heavy (non-hydrogen) atoms. The van der Waals surface area contributed by atoms with E-state index in [4.69, 9.17) is 4.74 Å². The SMILES string of the molecule is CCOC(=O)CC(O)CNCCc1ccn(C)n1. The molecular weight excluding hydrogens is 234 g/mol. The third-order valence-electron chi connectivity index (χ3n) is 2.41. The first-order valence-electron chi connectivity index (χ1n) is 6.14. The van der Waals surface area contributed by atoms with E-state index in [0.717, 1.165) is 18.7 Å². The van der Waals surface area contributed by atoms with E-state index in [1.807, 2.05) is 19.3 Å². The van der Waals surface area contributed by atoms with Crippen LogP contribution in [0.5, 0.6) is 0 Å². The first-order valence-corrected chi connectivity index (χ1v) is 6.14. The second-order valence-electron chi connectivity index (χ2n) is 4.10. The van der Waals surface area contributed by atoms with Crippen LogP contribution in [0.3, 0.4) is 0 Å². The van der Waals surface area contributed by atoms with E-state index in [9.17, 15) is 9.90 Å². The molecule has 0 spiro atoms. The van der Waals surface area contributed by atoms with E-state index in [1.165, 1.54) is 0 Å². The summed E-state index contributed by atoms with van der Waals surface area (Å²) in [5, 5.41) is 16.9. The number of hydrogen-bond acceptors (Lipinski definition) is 5. The number of aliphatic hydroxyl groups excluding tert-OH is 1. The summed E-state index contributed by atoms with van der Waals surface area (Å²) in [7, 11) is 1.88. The molecule has 0 bridgehead atoms. The predicted octanol–water partition coefficient (Wildman–Crippen LogP) is -0.134.